The molecule has 0 N–H and O–H groups in total. The van der Waals surface area contributed by atoms with Gasteiger partial charge in [-0.25, -0.2) is 9.79 Å². The molecule has 0 bridgehead atoms. The number of aryl methyl sites for hydroxylation is 1. The Morgan fingerprint density at radius 1 is 1.14 bits per heavy atom. The first-order valence-corrected chi connectivity index (χ1v) is 7.41. The van der Waals surface area contributed by atoms with Gasteiger partial charge in [0.15, 0.2) is 5.70 Å². The number of cyclic esters (lactones) is 1. The van der Waals surface area contributed by atoms with Crippen LogP contribution >= 0.6 is 11.6 Å². The van der Waals surface area contributed by atoms with Crippen molar-refractivity contribution in [1.29, 1.82) is 0 Å². The molecule has 0 amide bonds. The smallest absolute Gasteiger partial charge is 0.363 e. The van der Waals surface area contributed by atoms with Crippen LogP contribution in [0.2, 0.25) is 5.02 Å². The Bertz CT molecular complexity index is 776. The van der Waals surface area contributed by atoms with Crippen LogP contribution in [0.1, 0.15) is 23.6 Å². The third-order valence-corrected chi connectivity index (χ3v) is 3.75. The SMILES string of the molecule is CCc1ccc(C=C2N=C(c3ccccc3Cl)OC2=O)cc1. The van der Waals surface area contributed by atoms with Gasteiger partial charge in [0.2, 0.25) is 5.90 Å². The van der Waals surface area contributed by atoms with Crippen LogP contribution in [0.5, 0.6) is 0 Å². The van der Waals surface area contributed by atoms with Gasteiger partial charge in [-0.15, -0.1) is 0 Å². The highest BCUT2D eigenvalue weighted by Crippen LogP contribution is 2.23. The number of hydrogen-bond donors (Lipinski definition) is 0. The molecule has 4 heteroatoms. The lowest BCUT2D eigenvalue weighted by atomic mass is 10.1. The van der Waals surface area contributed by atoms with Gasteiger partial charge in [0.25, 0.3) is 0 Å². The first-order chi connectivity index (χ1) is 10.7. The largest absolute Gasteiger partial charge is 0.402 e. The van der Waals surface area contributed by atoms with Crippen LogP contribution in [0.4, 0.5) is 0 Å². The molecule has 0 saturated carbocycles. The van der Waals surface area contributed by atoms with Gasteiger partial charge in [0.05, 0.1) is 10.6 Å². The maximum absolute atomic E-state index is 11.9. The second kappa shape index (κ2) is 6.16. The summed E-state index contributed by atoms with van der Waals surface area (Å²) in [7, 11) is 0. The average molecular weight is 312 g/mol. The molecule has 0 spiro atoms. The zero-order valence-corrected chi connectivity index (χ0v) is 12.8. The van der Waals surface area contributed by atoms with Crippen LogP contribution < -0.4 is 0 Å². The molecular weight excluding hydrogens is 298 g/mol. The monoisotopic (exact) mass is 311 g/mol. The zero-order chi connectivity index (χ0) is 15.5. The molecule has 0 radical (unpaired) electrons. The summed E-state index contributed by atoms with van der Waals surface area (Å²) in [6.07, 6.45) is 2.69. The quantitative estimate of drug-likeness (QED) is 0.628. The molecule has 0 aromatic heterocycles. The molecule has 22 heavy (non-hydrogen) atoms. The molecule has 0 saturated heterocycles. The Morgan fingerprint density at radius 3 is 2.55 bits per heavy atom. The predicted octanol–water partition coefficient (Wildman–Crippen LogP) is 4.25. The first kappa shape index (κ1) is 14.5. The van der Waals surface area contributed by atoms with Crippen molar-refractivity contribution in [3.8, 4) is 0 Å². The minimum atomic E-state index is -0.463. The fourth-order valence-corrected chi connectivity index (χ4v) is 2.38. The molecule has 110 valence electrons. The minimum Gasteiger partial charge on any atom is -0.402 e. The molecule has 1 aliphatic heterocycles. The Labute approximate surface area is 133 Å². The molecular formula is C18H14ClNO2. The zero-order valence-electron chi connectivity index (χ0n) is 12.0. The van der Waals surface area contributed by atoms with Crippen LogP contribution in [0, 0.1) is 0 Å². The molecule has 0 aliphatic carbocycles. The van der Waals surface area contributed by atoms with Crippen molar-refractivity contribution in [2.75, 3.05) is 0 Å². The Balaban J connectivity index is 1.92. The molecule has 1 aliphatic rings. The number of esters is 1. The van der Waals surface area contributed by atoms with Crippen LogP contribution in [0.25, 0.3) is 6.08 Å². The molecule has 0 unspecified atom stereocenters. The van der Waals surface area contributed by atoms with Gasteiger partial charge in [-0.2, -0.15) is 0 Å². The Kier molecular flexibility index (Phi) is 4.07. The van der Waals surface area contributed by atoms with Gasteiger partial charge < -0.3 is 4.74 Å². The van der Waals surface area contributed by atoms with Crippen LogP contribution in [0.15, 0.2) is 59.2 Å². The Hall–Kier alpha value is -2.39. The van der Waals surface area contributed by atoms with Crippen LogP contribution in [-0.2, 0) is 16.0 Å². The highest BCUT2D eigenvalue weighted by atomic mass is 35.5. The summed E-state index contributed by atoms with van der Waals surface area (Å²) in [6.45, 7) is 2.10. The highest BCUT2D eigenvalue weighted by Gasteiger charge is 2.25. The first-order valence-electron chi connectivity index (χ1n) is 7.04. The normalized spacial score (nSPS) is 15.8. The number of hydrogen-bond acceptors (Lipinski definition) is 3. The number of carbonyl (C=O) groups is 1. The van der Waals surface area contributed by atoms with Crippen molar-refractivity contribution in [1.82, 2.24) is 0 Å². The van der Waals surface area contributed by atoms with Crippen molar-refractivity contribution < 1.29 is 9.53 Å². The number of rotatable bonds is 3. The lowest BCUT2D eigenvalue weighted by Crippen LogP contribution is -2.05. The van der Waals surface area contributed by atoms with Crippen molar-refractivity contribution in [2.24, 2.45) is 4.99 Å². The second-order valence-corrected chi connectivity index (χ2v) is 5.32. The number of benzene rings is 2. The maximum atomic E-state index is 11.9. The summed E-state index contributed by atoms with van der Waals surface area (Å²) in [5, 5.41) is 0.502. The van der Waals surface area contributed by atoms with Crippen molar-refractivity contribution in [3.05, 3.63) is 75.9 Å². The summed E-state index contributed by atoms with van der Waals surface area (Å²) >= 11 is 6.10. The molecule has 2 aromatic carbocycles. The third kappa shape index (κ3) is 2.95. The third-order valence-electron chi connectivity index (χ3n) is 3.42. The number of halogens is 1. The molecule has 3 nitrogen and oxygen atoms in total. The van der Waals surface area contributed by atoms with E-state index in [2.05, 4.69) is 11.9 Å². The average Bonchev–Trinajstić information content (AvgIpc) is 2.89. The van der Waals surface area contributed by atoms with E-state index in [4.69, 9.17) is 16.3 Å². The van der Waals surface area contributed by atoms with E-state index in [1.165, 1.54) is 5.56 Å². The summed E-state index contributed by atoms with van der Waals surface area (Å²) in [6, 6.07) is 15.1. The summed E-state index contributed by atoms with van der Waals surface area (Å²) < 4.78 is 5.22. The van der Waals surface area contributed by atoms with Gasteiger partial charge in [-0.1, -0.05) is 54.9 Å². The molecule has 2 aromatic rings. The van der Waals surface area contributed by atoms with E-state index < -0.39 is 5.97 Å². The summed E-state index contributed by atoms with van der Waals surface area (Å²) in [5.74, 6) is -0.221. The van der Waals surface area contributed by atoms with Gasteiger partial charge in [0.1, 0.15) is 0 Å². The maximum Gasteiger partial charge on any atom is 0.363 e. The number of nitrogens with zero attached hydrogens (tertiary/aromatic N) is 1. The summed E-state index contributed by atoms with van der Waals surface area (Å²) in [4.78, 5) is 16.2. The van der Waals surface area contributed by atoms with Crippen LogP contribution in [0.3, 0.4) is 0 Å². The van der Waals surface area contributed by atoms with E-state index in [9.17, 15) is 4.79 Å². The molecule has 3 rings (SSSR count). The predicted molar refractivity (Wildman–Crippen MR) is 87.9 cm³/mol. The molecule has 1 heterocycles. The standard InChI is InChI=1S/C18H14ClNO2/c1-2-12-7-9-13(10-8-12)11-16-18(21)22-17(20-16)14-5-3-4-6-15(14)19/h3-11H,2H2,1H3. The van der Waals surface area contributed by atoms with Gasteiger partial charge in [-0.3, -0.25) is 0 Å². The van der Waals surface area contributed by atoms with E-state index in [0.717, 1.165) is 12.0 Å². The van der Waals surface area contributed by atoms with Crippen molar-refractivity contribution >= 4 is 29.5 Å². The number of aliphatic imine (C=N–C) groups is 1. The lowest BCUT2D eigenvalue weighted by molar-refractivity contribution is -0.129. The van der Waals surface area contributed by atoms with E-state index in [-0.39, 0.29) is 11.6 Å². The fraction of sp³-hybridized carbons (Fsp3) is 0.111. The molecule has 0 atom stereocenters. The number of ether oxygens (including phenoxy) is 1. The second-order valence-electron chi connectivity index (χ2n) is 4.91. The van der Waals surface area contributed by atoms with Crippen molar-refractivity contribution in [2.45, 2.75) is 13.3 Å². The van der Waals surface area contributed by atoms with Crippen LogP contribution in [-0.4, -0.2) is 11.9 Å². The van der Waals surface area contributed by atoms with E-state index in [1.54, 1.807) is 18.2 Å². The lowest BCUT2D eigenvalue weighted by Gasteiger charge is -2.00. The van der Waals surface area contributed by atoms with Gasteiger partial charge >= 0.3 is 5.97 Å². The fourth-order valence-electron chi connectivity index (χ4n) is 2.17. The number of carbonyl (C=O) groups excluding carboxylic acids is 1. The van der Waals surface area contributed by atoms with Gasteiger partial charge in [0, 0.05) is 0 Å². The highest BCUT2D eigenvalue weighted by molar-refractivity contribution is 6.34. The van der Waals surface area contributed by atoms with E-state index >= 15 is 0 Å². The van der Waals surface area contributed by atoms with E-state index in [0.29, 0.717) is 10.6 Å². The van der Waals surface area contributed by atoms with Crippen molar-refractivity contribution in [3.63, 3.8) is 0 Å². The topological polar surface area (TPSA) is 38.7 Å². The Morgan fingerprint density at radius 2 is 1.86 bits per heavy atom. The van der Waals surface area contributed by atoms with Gasteiger partial charge in [-0.05, 0) is 35.8 Å². The van der Waals surface area contributed by atoms with E-state index in [1.807, 2.05) is 36.4 Å². The molecule has 0 fully saturated rings. The summed E-state index contributed by atoms with van der Waals surface area (Å²) in [5.41, 5.74) is 3.05. The minimum absolute atomic E-state index is 0.243.